The molecule has 0 aliphatic carbocycles. The zero-order valence-electron chi connectivity index (χ0n) is 23.2. The average molecular weight is 579 g/mol. The summed E-state index contributed by atoms with van der Waals surface area (Å²) >= 11 is 1.25. The zero-order valence-corrected chi connectivity index (χ0v) is 24.1. The number of esters is 1. The van der Waals surface area contributed by atoms with Crippen LogP contribution in [0, 0.1) is 19.7 Å². The van der Waals surface area contributed by atoms with Gasteiger partial charge in [-0.2, -0.15) is 0 Å². The minimum absolute atomic E-state index is 0.150. The molecule has 3 aromatic heterocycles. The van der Waals surface area contributed by atoms with Gasteiger partial charge in [-0.15, -0.1) is 0 Å². The number of ether oxygens (including phenoxy) is 1. The number of fused-ring (bicyclic) bond motifs is 1. The number of aryl methyl sites for hydroxylation is 1. The number of pyridine rings is 1. The van der Waals surface area contributed by atoms with Crippen LogP contribution in [0.5, 0.6) is 0 Å². The molecule has 1 atom stereocenters. The molecule has 5 aromatic rings. The maximum Gasteiger partial charge on any atom is 0.338 e. The molecule has 0 amide bonds. The Morgan fingerprint density at radius 1 is 1.07 bits per heavy atom. The Morgan fingerprint density at radius 2 is 1.83 bits per heavy atom. The lowest BCUT2D eigenvalue weighted by atomic mass is 9.93. The second kappa shape index (κ2) is 11.2. The highest BCUT2D eigenvalue weighted by atomic mass is 32.1. The first-order chi connectivity index (χ1) is 20.4. The molecule has 6 rings (SSSR count). The van der Waals surface area contributed by atoms with Crippen LogP contribution in [0.25, 0.3) is 17.5 Å². The van der Waals surface area contributed by atoms with Crippen molar-refractivity contribution in [3.05, 3.63) is 144 Å². The molecular weight excluding hydrogens is 551 g/mol. The first kappa shape index (κ1) is 27.3. The Hall–Kier alpha value is -4.89. The van der Waals surface area contributed by atoms with Crippen LogP contribution in [0.15, 0.2) is 101 Å². The lowest BCUT2D eigenvalue weighted by Gasteiger charge is -2.25. The van der Waals surface area contributed by atoms with Gasteiger partial charge in [0.1, 0.15) is 5.82 Å². The van der Waals surface area contributed by atoms with Gasteiger partial charge in [0.25, 0.3) is 5.56 Å². The molecule has 4 heterocycles. The van der Waals surface area contributed by atoms with Gasteiger partial charge in [0.05, 0.1) is 40.3 Å². The molecule has 0 spiro atoms. The lowest BCUT2D eigenvalue weighted by molar-refractivity contribution is -0.138. The van der Waals surface area contributed by atoms with Crippen LogP contribution >= 0.6 is 11.3 Å². The SMILES string of the molecule is CCOC(=O)C1=C(c2ccccc2)N=c2s/c(=C/c3cc(C)n(-c4cccnc4)c3C)c(=O)n2[C@H]1c1ccc(F)cc1. The summed E-state index contributed by atoms with van der Waals surface area (Å²) in [6.45, 7) is 5.88. The number of carbonyl (C=O) groups excluding carboxylic acids is 1. The summed E-state index contributed by atoms with van der Waals surface area (Å²) in [4.78, 5) is 37.2. The molecule has 0 saturated heterocycles. The normalized spacial score (nSPS) is 15.0. The van der Waals surface area contributed by atoms with Crippen LogP contribution < -0.4 is 14.9 Å². The third-order valence-electron chi connectivity index (χ3n) is 7.22. The first-order valence-corrected chi connectivity index (χ1v) is 14.3. The van der Waals surface area contributed by atoms with E-state index in [0.717, 1.165) is 22.6 Å². The van der Waals surface area contributed by atoms with Crippen molar-refractivity contribution in [3.8, 4) is 5.69 Å². The number of aromatic nitrogens is 3. The quantitative estimate of drug-likeness (QED) is 0.269. The number of halogens is 1. The summed E-state index contributed by atoms with van der Waals surface area (Å²) in [5.74, 6) is -0.996. The summed E-state index contributed by atoms with van der Waals surface area (Å²) in [6.07, 6.45) is 5.38. The molecule has 210 valence electrons. The minimum atomic E-state index is -0.860. The van der Waals surface area contributed by atoms with Gasteiger partial charge in [-0.05, 0) is 68.3 Å². The van der Waals surface area contributed by atoms with Crippen LogP contribution in [0.3, 0.4) is 0 Å². The average Bonchev–Trinajstić information content (AvgIpc) is 3.47. The largest absolute Gasteiger partial charge is 0.463 e. The Balaban J connectivity index is 1.61. The summed E-state index contributed by atoms with van der Waals surface area (Å²) in [6, 6.07) is 20.2. The molecule has 42 heavy (non-hydrogen) atoms. The zero-order chi connectivity index (χ0) is 29.4. The van der Waals surface area contributed by atoms with E-state index in [0.29, 0.717) is 26.2 Å². The van der Waals surface area contributed by atoms with E-state index in [9.17, 15) is 14.0 Å². The summed E-state index contributed by atoms with van der Waals surface area (Å²) in [5.41, 5.74) is 5.40. The number of hydrogen-bond donors (Lipinski definition) is 0. The molecule has 0 fully saturated rings. The van der Waals surface area contributed by atoms with E-state index < -0.39 is 17.8 Å². The van der Waals surface area contributed by atoms with E-state index in [1.165, 1.54) is 28.0 Å². The molecule has 2 aromatic carbocycles. The summed E-state index contributed by atoms with van der Waals surface area (Å²) in [7, 11) is 0. The van der Waals surface area contributed by atoms with Crippen molar-refractivity contribution in [3.63, 3.8) is 0 Å². The molecule has 0 N–H and O–H groups in total. The van der Waals surface area contributed by atoms with E-state index in [4.69, 9.17) is 9.73 Å². The smallest absolute Gasteiger partial charge is 0.338 e. The number of rotatable bonds is 6. The van der Waals surface area contributed by atoms with Gasteiger partial charge >= 0.3 is 5.97 Å². The van der Waals surface area contributed by atoms with E-state index in [1.54, 1.807) is 31.5 Å². The second-order valence-corrected chi connectivity index (χ2v) is 10.9. The van der Waals surface area contributed by atoms with Crippen LogP contribution in [-0.4, -0.2) is 26.7 Å². The highest BCUT2D eigenvalue weighted by Crippen LogP contribution is 2.35. The first-order valence-electron chi connectivity index (χ1n) is 13.5. The van der Waals surface area contributed by atoms with Gasteiger partial charge < -0.3 is 9.30 Å². The third-order valence-corrected chi connectivity index (χ3v) is 8.20. The third kappa shape index (κ3) is 4.81. The predicted molar refractivity (Wildman–Crippen MR) is 160 cm³/mol. The Morgan fingerprint density at radius 3 is 2.52 bits per heavy atom. The van der Waals surface area contributed by atoms with Crippen molar-refractivity contribution in [1.82, 2.24) is 14.1 Å². The van der Waals surface area contributed by atoms with E-state index in [1.807, 2.05) is 68.5 Å². The standard InChI is InChI=1S/C33H27FN4O3S/c1-4-41-32(40)28-29(22-9-6-5-7-10-22)36-33-38(30(28)23-12-14-25(34)15-13-23)31(39)27(42-33)18-24-17-20(2)37(21(24)3)26-11-8-16-35-19-26/h5-19,30H,4H2,1-3H3/b27-18+/t30-/m0/s1. The van der Waals surface area contributed by atoms with Crippen LogP contribution in [0.2, 0.25) is 0 Å². The van der Waals surface area contributed by atoms with Crippen molar-refractivity contribution in [1.29, 1.82) is 0 Å². The number of hydrogen-bond acceptors (Lipinski definition) is 6. The van der Waals surface area contributed by atoms with Crippen LogP contribution in [0.4, 0.5) is 4.39 Å². The topological polar surface area (TPSA) is 78.5 Å². The van der Waals surface area contributed by atoms with Crippen molar-refractivity contribution >= 4 is 29.1 Å². The maximum atomic E-state index is 14.1. The Labute approximate surface area is 245 Å². The van der Waals surface area contributed by atoms with Crippen molar-refractivity contribution in [2.75, 3.05) is 6.61 Å². The van der Waals surface area contributed by atoms with E-state index >= 15 is 0 Å². The molecule has 1 aliphatic heterocycles. The molecule has 0 saturated carbocycles. The number of benzene rings is 2. The van der Waals surface area contributed by atoms with E-state index in [2.05, 4.69) is 9.55 Å². The van der Waals surface area contributed by atoms with Gasteiger partial charge in [-0.1, -0.05) is 53.8 Å². The van der Waals surface area contributed by atoms with Gasteiger partial charge in [-0.25, -0.2) is 14.2 Å². The Kier molecular flexibility index (Phi) is 7.26. The lowest BCUT2D eigenvalue weighted by Crippen LogP contribution is -2.40. The summed E-state index contributed by atoms with van der Waals surface area (Å²) in [5, 5.41) is 0. The fraction of sp³-hybridized carbons (Fsp3) is 0.152. The van der Waals surface area contributed by atoms with Gasteiger partial charge in [0.15, 0.2) is 4.80 Å². The summed E-state index contributed by atoms with van der Waals surface area (Å²) < 4.78 is 23.5. The number of carbonyl (C=O) groups is 1. The molecule has 9 heteroatoms. The molecular formula is C33H27FN4O3S. The molecule has 7 nitrogen and oxygen atoms in total. The monoisotopic (exact) mass is 578 g/mol. The fourth-order valence-electron chi connectivity index (χ4n) is 5.36. The highest BCUT2D eigenvalue weighted by Gasteiger charge is 2.35. The van der Waals surface area contributed by atoms with Crippen LogP contribution in [0.1, 0.15) is 41.0 Å². The second-order valence-electron chi connectivity index (χ2n) is 9.86. The van der Waals surface area contributed by atoms with Crippen molar-refractivity contribution < 1.29 is 13.9 Å². The molecule has 1 aliphatic rings. The Bertz CT molecular complexity index is 2010. The van der Waals surface area contributed by atoms with Crippen molar-refractivity contribution in [2.45, 2.75) is 26.8 Å². The van der Waals surface area contributed by atoms with Crippen LogP contribution in [-0.2, 0) is 9.53 Å². The van der Waals surface area contributed by atoms with Gasteiger partial charge in [-0.3, -0.25) is 14.3 Å². The van der Waals surface area contributed by atoms with Crippen molar-refractivity contribution in [2.24, 2.45) is 4.99 Å². The van der Waals surface area contributed by atoms with Gasteiger partial charge in [0.2, 0.25) is 0 Å². The maximum absolute atomic E-state index is 14.1. The fourth-order valence-corrected chi connectivity index (χ4v) is 6.35. The molecule has 0 bridgehead atoms. The highest BCUT2D eigenvalue weighted by molar-refractivity contribution is 7.07. The predicted octanol–water partition coefficient (Wildman–Crippen LogP) is 4.88. The minimum Gasteiger partial charge on any atom is -0.463 e. The molecule has 0 unspecified atom stereocenters. The number of thiazole rings is 1. The van der Waals surface area contributed by atoms with E-state index in [-0.39, 0.29) is 17.7 Å². The van der Waals surface area contributed by atoms with Gasteiger partial charge in [0, 0.05) is 23.1 Å². The number of nitrogens with zero attached hydrogens (tertiary/aromatic N) is 4. The molecule has 0 radical (unpaired) electrons.